The van der Waals surface area contributed by atoms with Gasteiger partial charge in [0.15, 0.2) is 0 Å². The second-order valence-electron chi connectivity index (χ2n) is 6.16. The molecule has 0 unspecified atom stereocenters. The maximum absolute atomic E-state index is 11.8. The van der Waals surface area contributed by atoms with Crippen LogP contribution in [0.4, 0.5) is 0 Å². The number of aliphatic hydroxyl groups excluding tert-OH is 1. The highest BCUT2D eigenvalue weighted by molar-refractivity contribution is 5.90. The summed E-state index contributed by atoms with van der Waals surface area (Å²) in [6, 6.07) is 3.18. The molecule has 0 amide bonds. The first-order valence-corrected chi connectivity index (χ1v) is 8.00. The normalized spacial score (nSPS) is 23.4. The minimum atomic E-state index is -0.686. The second-order valence-corrected chi connectivity index (χ2v) is 6.16. The topological polar surface area (TPSA) is 68.9 Å². The van der Waals surface area contributed by atoms with Crippen LogP contribution in [0.25, 0.3) is 11.0 Å². The van der Waals surface area contributed by atoms with Crippen molar-refractivity contribution in [3.05, 3.63) is 33.7 Å². The van der Waals surface area contributed by atoms with Crippen LogP contribution in [-0.2, 0) is 6.42 Å². The van der Waals surface area contributed by atoms with E-state index in [4.69, 9.17) is 13.9 Å². The molecule has 2 aromatic rings. The molecule has 2 heterocycles. The van der Waals surface area contributed by atoms with Gasteiger partial charge >= 0.3 is 5.63 Å². The highest BCUT2D eigenvalue weighted by Gasteiger charge is 2.36. The van der Waals surface area contributed by atoms with Crippen LogP contribution >= 0.6 is 0 Å². The number of aryl methyl sites for hydroxylation is 1. The summed E-state index contributed by atoms with van der Waals surface area (Å²) < 4.78 is 16.9. The van der Waals surface area contributed by atoms with Crippen LogP contribution in [0.1, 0.15) is 44.4 Å². The Balaban J connectivity index is 2.40. The molecule has 23 heavy (non-hydrogen) atoms. The van der Waals surface area contributed by atoms with Gasteiger partial charge in [-0.3, -0.25) is 0 Å². The third kappa shape index (κ3) is 2.49. The minimum absolute atomic E-state index is 0.0563. The number of hydrogen-bond acceptors (Lipinski definition) is 5. The minimum Gasteiger partial charge on any atom is -0.496 e. The van der Waals surface area contributed by atoms with E-state index in [1.807, 2.05) is 13.8 Å². The Morgan fingerprint density at radius 2 is 2.04 bits per heavy atom. The summed E-state index contributed by atoms with van der Waals surface area (Å²) in [5.74, 6) is 0.999. The van der Waals surface area contributed by atoms with Crippen molar-refractivity contribution in [3.8, 4) is 11.5 Å². The van der Waals surface area contributed by atoms with Gasteiger partial charge in [-0.1, -0.05) is 20.3 Å². The fourth-order valence-corrected chi connectivity index (χ4v) is 3.21. The maximum atomic E-state index is 11.8. The van der Waals surface area contributed by atoms with E-state index in [0.29, 0.717) is 22.6 Å². The summed E-state index contributed by atoms with van der Waals surface area (Å²) in [4.78, 5) is 11.8. The third-order valence-corrected chi connectivity index (χ3v) is 4.65. The van der Waals surface area contributed by atoms with Gasteiger partial charge in [0.05, 0.1) is 24.2 Å². The van der Waals surface area contributed by atoms with Crippen LogP contribution in [0, 0.1) is 5.92 Å². The first kappa shape index (κ1) is 15.9. The lowest BCUT2D eigenvalue weighted by molar-refractivity contribution is 0.0167. The van der Waals surface area contributed by atoms with Gasteiger partial charge in [0.25, 0.3) is 0 Å². The first-order chi connectivity index (χ1) is 11.0. The summed E-state index contributed by atoms with van der Waals surface area (Å²) in [6.07, 6.45) is 0.807. The first-order valence-electron chi connectivity index (χ1n) is 8.00. The van der Waals surface area contributed by atoms with Gasteiger partial charge < -0.3 is 19.0 Å². The van der Waals surface area contributed by atoms with Crippen molar-refractivity contribution in [1.82, 2.24) is 0 Å². The molecule has 0 spiro atoms. The number of hydrogen-bond donors (Lipinski definition) is 1. The molecule has 0 aliphatic carbocycles. The monoisotopic (exact) mass is 318 g/mol. The molecule has 5 nitrogen and oxygen atoms in total. The summed E-state index contributed by atoms with van der Waals surface area (Å²) in [5.41, 5.74) is 1.56. The Labute approximate surface area is 134 Å². The molecule has 1 aliphatic heterocycles. The van der Waals surface area contributed by atoms with Crippen LogP contribution in [-0.4, -0.2) is 18.3 Å². The zero-order chi connectivity index (χ0) is 16.7. The van der Waals surface area contributed by atoms with E-state index in [2.05, 4.69) is 6.92 Å². The van der Waals surface area contributed by atoms with Crippen molar-refractivity contribution in [2.24, 2.45) is 5.92 Å². The number of aliphatic hydroxyl groups is 1. The van der Waals surface area contributed by atoms with E-state index in [1.54, 1.807) is 6.07 Å². The van der Waals surface area contributed by atoms with E-state index in [-0.39, 0.29) is 17.6 Å². The van der Waals surface area contributed by atoms with Gasteiger partial charge in [-0.25, -0.2) is 4.79 Å². The standard InChI is InChI=1S/C18H22O5/c1-5-6-11-7-14(19)23-13-8-12(21-4)16-17(20)9(2)10(3)22-18(16)15(11)13/h7-10,17,20H,5-6H2,1-4H3/t9-,10+,17+/m0/s1. The lowest BCUT2D eigenvalue weighted by Gasteiger charge is -2.35. The van der Waals surface area contributed by atoms with Crippen LogP contribution in [0.5, 0.6) is 11.5 Å². The maximum Gasteiger partial charge on any atom is 0.336 e. The molecule has 3 atom stereocenters. The van der Waals surface area contributed by atoms with Gasteiger partial charge in [-0.15, -0.1) is 0 Å². The van der Waals surface area contributed by atoms with Crippen molar-refractivity contribution in [3.63, 3.8) is 0 Å². The molecule has 1 aromatic heterocycles. The average molecular weight is 318 g/mol. The summed E-state index contributed by atoms with van der Waals surface area (Å²) in [7, 11) is 1.53. The smallest absolute Gasteiger partial charge is 0.336 e. The van der Waals surface area contributed by atoms with Crippen LogP contribution in [0.3, 0.4) is 0 Å². The summed E-state index contributed by atoms with van der Waals surface area (Å²) in [5, 5.41) is 11.5. The predicted octanol–water partition coefficient (Wildman–Crippen LogP) is 3.20. The molecule has 0 saturated carbocycles. The lowest BCUT2D eigenvalue weighted by atomic mass is 9.87. The molecule has 0 saturated heterocycles. The van der Waals surface area contributed by atoms with E-state index >= 15 is 0 Å². The number of rotatable bonds is 3. The van der Waals surface area contributed by atoms with Crippen molar-refractivity contribution in [2.45, 2.75) is 45.8 Å². The van der Waals surface area contributed by atoms with E-state index in [1.165, 1.54) is 13.2 Å². The molecule has 0 radical (unpaired) electrons. The fraction of sp³-hybridized carbons (Fsp3) is 0.500. The largest absolute Gasteiger partial charge is 0.496 e. The summed E-state index contributed by atoms with van der Waals surface area (Å²) >= 11 is 0. The van der Waals surface area contributed by atoms with Gasteiger partial charge in [-0.2, -0.15) is 0 Å². The van der Waals surface area contributed by atoms with E-state index in [0.717, 1.165) is 23.8 Å². The van der Waals surface area contributed by atoms with E-state index < -0.39 is 6.10 Å². The Hall–Kier alpha value is -2.01. The van der Waals surface area contributed by atoms with Gasteiger partial charge in [0.2, 0.25) is 0 Å². The molecule has 1 N–H and O–H groups in total. The van der Waals surface area contributed by atoms with Crippen molar-refractivity contribution >= 4 is 11.0 Å². The van der Waals surface area contributed by atoms with E-state index in [9.17, 15) is 9.90 Å². The molecule has 124 valence electrons. The molecule has 0 bridgehead atoms. The van der Waals surface area contributed by atoms with Gasteiger partial charge in [-0.05, 0) is 18.9 Å². The highest BCUT2D eigenvalue weighted by Crippen LogP contribution is 2.48. The van der Waals surface area contributed by atoms with Gasteiger partial charge in [0.1, 0.15) is 23.2 Å². The van der Waals surface area contributed by atoms with Gasteiger partial charge in [0, 0.05) is 18.1 Å². The summed E-state index contributed by atoms with van der Waals surface area (Å²) in [6.45, 7) is 5.93. The van der Waals surface area contributed by atoms with Crippen molar-refractivity contribution in [1.29, 1.82) is 0 Å². The zero-order valence-electron chi connectivity index (χ0n) is 13.9. The number of methoxy groups -OCH3 is 1. The van der Waals surface area contributed by atoms with Crippen LogP contribution in [0.2, 0.25) is 0 Å². The number of ether oxygens (including phenoxy) is 2. The molecule has 1 aliphatic rings. The molecule has 5 heteroatoms. The number of fused-ring (bicyclic) bond motifs is 3. The quantitative estimate of drug-likeness (QED) is 0.880. The SMILES string of the molecule is CCCc1cc(=O)oc2cc(OC)c3c(c12)O[C@H](C)[C@H](C)[C@H]3O. The van der Waals surface area contributed by atoms with Crippen LogP contribution < -0.4 is 15.1 Å². The fourth-order valence-electron chi connectivity index (χ4n) is 3.21. The molecular weight excluding hydrogens is 296 g/mol. The third-order valence-electron chi connectivity index (χ3n) is 4.65. The Bertz CT molecular complexity index is 792. The molecule has 0 fully saturated rings. The van der Waals surface area contributed by atoms with Crippen molar-refractivity contribution in [2.75, 3.05) is 7.11 Å². The molecule has 1 aromatic carbocycles. The molecule has 3 rings (SSSR count). The highest BCUT2D eigenvalue weighted by atomic mass is 16.5. The Morgan fingerprint density at radius 3 is 2.70 bits per heavy atom. The predicted molar refractivity (Wildman–Crippen MR) is 87.2 cm³/mol. The zero-order valence-corrected chi connectivity index (χ0v) is 13.9. The average Bonchev–Trinajstić information content (AvgIpc) is 2.51. The van der Waals surface area contributed by atoms with Crippen molar-refractivity contribution < 1.29 is 19.0 Å². The number of benzene rings is 1. The Morgan fingerprint density at radius 1 is 1.30 bits per heavy atom. The second kappa shape index (κ2) is 5.89. The lowest BCUT2D eigenvalue weighted by Crippen LogP contribution is -2.32. The Kier molecular flexibility index (Phi) is 4.06. The molecular formula is C18H22O5. The van der Waals surface area contributed by atoms with Crippen LogP contribution in [0.15, 0.2) is 21.3 Å².